The number of hydrogen-bond acceptors (Lipinski definition) is 5. The minimum Gasteiger partial charge on any atom is -0.488 e. The van der Waals surface area contributed by atoms with Crippen LogP contribution in [0.15, 0.2) is 57.7 Å². The number of anilines is 1. The molecule has 3 aromatic rings. The summed E-state index contributed by atoms with van der Waals surface area (Å²) < 4.78 is 17.9. The second-order valence-electron chi connectivity index (χ2n) is 7.35. The monoisotopic (exact) mass is 393 g/mol. The molecule has 0 saturated carbocycles. The van der Waals surface area contributed by atoms with Crippen LogP contribution in [0.25, 0.3) is 11.0 Å². The topological polar surface area (TPSA) is 51.9 Å². The van der Waals surface area contributed by atoms with Crippen LogP contribution in [0.5, 0.6) is 5.75 Å². The van der Waals surface area contributed by atoms with Crippen LogP contribution < -0.4 is 15.1 Å². The zero-order chi connectivity index (χ0) is 20.1. The zero-order valence-corrected chi connectivity index (χ0v) is 16.9. The number of nitrogens with zero attached hydrogens (tertiary/aromatic N) is 1. The van der Waals surface area contributed by atoms with Crippen LogP contribution in [-0.2, 0) is 17.8 Å². The summed E-state index contributed by atoms with van der Waals surface area (Å²) in [6.07, 6.45) is 2.88. The fraction of sp³-hybridized carbons (Fsp3) is 0.375. The Labute approximate surface area is 170 Å². The van der Waals surface area contributed by atoms with Gasteiger partial charge in [-0.25, -0.2) is 0 Å². The fourth-order valence-corrected chi connectivity index (χ4v) is 3.64. The highest BCUT2D eigenvalue weighted by Crippen LogP contribution is 2.31. The standard InChI is InChI=1S/C24H27NO4/c1-2-3-9-20-22(28-17-18-7-5-4-6-8-18)11-10-19-21(26)16-23(29-24(19)20)25-12-14-27-15-13-25/h4-8,10-11,16H,2-3,9,12-15,17H2,1H3. The van der Waals surface area contributed by atoms with Gasteiger partial charge in [0.15, 0.2) is 11.3 Å². The molecule has 1 fully saturated rings. The lowest BCUT2D eigenvalue weighted by molar-refractivity contribution is 0.121. The van der Waals surface area contributed by atoms with Crippen molar-refractivity contribution in [3.05, 3.63) is 69.9 Å². The fourth-order valence-electron chi connectivity index (χ4n) is 3.64. The number of unbranched alkanes of at least 4 members (excludes halogenated alkanes) is 1. The smallest absolute Gasteiger partial charge is 0.200 e. The molecule has 0 aliphatic carbocycles. The zero-order valence-electron chi connectivity index (χ0n) is 16.9. The molecule has 0 radical (unpaired) electrons. The Bertz CT molecular complexity index is 1010. The molecular weight excluding hydrogens is 366 g/mol. The second kappa shape index (κ2) is 9.14. The Morgan fingerprint density at radius 3 is 2.62 bits per heavy atom. The summed E-state index contributed by atoms with van der Waals surface area (Å²) in [6.45, 7) is 5.38. The highest BCUT2D eigenvalue weighted by molar-refractivity contribution is 5.83. The van der Waals surface area contributed by atoms with E-state index in [-0.39, 0.29) is 5.43 Å². The molecule has 2 aromatic carbocycles. The SMILES string of the molecule is CCCCc1c(OCc2ccccc2)ccc2c(=O)cc(N3CCOCC3)oc12. The third-order valence-corrected chi connectivity index (χ3v) is 5.28. The molecule has 2 heterocycles. The van der Waals surface area contributed by atoms with Gasteiger partial charge in [-0.3, -0.25) is 4.79 Å². The molecule has 0 spiro atoms. The lowest BCUT2D eigenvalue weighted by Crippen LogP contribution is -2.36. The van der Waals surface area contributed by atoms with E-state index in [2.05, 4.69) is 11.8 Å². The van der Waals surface area contributed by atoms with Gasteiger partial charge in [0.2, 0.25) is 0 Å². The van der Waals surface area contributed by atoms with Crippen molar-refractivity contribution in [2.24, 2.45) is 0 Å². The Hall–Kier alpha value is -2.79. The average molecular weight is 393 g/mol. The molecule has 152 valence electrons. The molecule has 0 bridgehead atoms. The maximum absolute atomic E-state index is 12.8. The van der Waals surface area contributed by atoms with Crippen molar-refractivity contribution in [1.29, 1.82) is 0 Å². The molecule has 1 aromatic heterocycles. The van der Waals surface area contributed by atoms with Gasteiger partial charge in [0.05, 0.1) is 18.6 Å². The highest BCUT2D eigenvalue weighted by Gasteiger charge is 2.19. The van der Waals surface area contributed by atoms with Gasteiger partial charge >= 0.3 is 0 Å². The predicted octanol–water partition coefficient (Wildman–Crippen LogP) is 4.55. The summed E-state index contributed by atoms with van der Waals surface area (Å²) in [7, 11) is 0. The van der Waals surface area contributed by atoms with E-state index in [4.69, 9.17) is 13.9 Å². The summed E-state index contributed by atoms with van der Waals surface area (Å²) in [5, 5.41) is 0.611. The van der Waals surface area contributed by atoms with Crippen molar-refractivity contribution in [1.82, 2.24) is 0 Å². The second-order valence-corrected chi connectivity index (χ2v) is 7.35. The molecule has 0 unspecified atom stereocenters. The van der Waals surface area contributed by atoms with Crippen molar-refractivity contribution in [3.63, 3.8) is 0 Å². The Morgan fingerprint density at radius 1 is 1.07 bits per heavy atom. The van der Waals surface area contributed by atoms with Gasteiger partial charge in [0.25, 0.3) is 0 Å². The third-order valence-electron chi connectivity index (χ3n) is 5.28. The quantitative estimate of drug-likeness (QED) is 0.589. The lowest BCUT2D eigenvalue weighted by atomic mass is 10.0. The molecule has 1 aliphatic rings. The Balaban J connectivity index is 1.73. The summed E-state index contributed by atoms with van der Waals surface area (Å²) in [5.74, 6) is 1.40. The largest absolute Gasteiger partial charge is 0.488 e. The van der Waals surface area contributed by atoms with E-state index in [1.807, 2.05) is 42.5 Å². The summed E-state index contributed by atoms with van der Waals surface area (Å²) in [5.41, 5.74) is 2.73. The van der Waals surface area contributed by atoms with Gasteiger partial charge in [-0.2, -0.15) is 0 Å². The summed E-state index contributed by atoms with van der Waals surface area (Å²) in [6, 6.07) is 15.4. The molecule has 1 saturated heterocycles. The molecule has 5 heteroatoms. The first-order valence-corrected chi connectivity index (χ1v) is 10.4. The Kier molecular flexibility index (Phi) is 6.15. The molecule has 0 atom stereocenters. The van der Waals surface area contributed by atoms with Crippen molar-refractivity contribution in [3.8, 4) is 5.75 Å². The highest BCUT2D eigenvalue weighted by atomic mass is 16.5. The maximum atomic E-state index is 12.8. The molecule has 29 heavy (non-hydrogen) atoms. The van der Waals surface area contributed by atoms with E-state index in [1.165, 1.54) is 0 Å². The first kappa shape index (κ1) is 19.5. The normalized spacial score (nSPS) is 14.3. The van der Waals surface area contributed by atoms with E-state index in [9.17, 15) is 4.79 Å². The molecular formula is C24H27NO4. The lowest BCUT2D eigenvalue weighted by Gasteiger charge is -2.27. The van der Waals surface area contributed by atoms with E-state index in [1.54, 1.807) is 6.07 Å². The van der Waals surface area contributed by atoms with Gasteiger partial charge in [-0.05, 0) is 30.5 Å². The number of hydrogen-bond donors (Lipinski definition) is 0. The molecule has 5 nitrogen and oxygen atoms in total. The van der Waals surface area contributed by atoms with Gasteiger partial charge < -0.3 is 18.8 Å². The number of ether oxygens (including phenoxy) is 2. The van der Waals surface area contributed by atoms with Crippen LogP contribution in [0, 0.1) is 0 Å². The molecule has 1 aliphatic heterocycles. The number of rotatable bonds is 7. The molecule has 0 amide bonds. The maximum Gasteiger partial charge on any atom is 0.200 e. The number of morpholine rings is 1. The van der Waals surface area contributed by atoms with E-state index < -0.39 is 0 Å². The minimum atomic E-state index is -0.0138. The van der Waals surface area contributed by atoms with Crippen LogP contribution in [0.4, 0.5) is 5.88 Å². The van der Waals surface area contributed by atoms with Gasteiger partial charge in [-0.1, -0.05) is 43.7 Å². The molecule has 0 N–H and O–H groups in total. The third kappa shape index (κ3) is 4.46. The summed E-state index contributed by atoms with van der Waals surface area (Å²) >= 11 is 0. The van der Waals surface area contributed by atoms with Crippen molar-refractivity contribution >= 4 is 16.9 Å². The number of aryl methyl sites for hydroxylation is 1. The van der Waals surface area contributed by atoms with Gasteiger partial charge in [0.1, 0.15) is 17.9 Å². The van der Waals surface area contributed by atoms with E-state index >= 15 is 0 Å². The van der Waals surface area contributed by atoms with Crippen molar-refractivity contribution < 1.29 is 13.9 Å². The van der Waals surface area contributed by atoms with Crippen LogP contribution in [0.1, 0.15) is 30.9 Å². The summed E-state index contributed by atoms with van der Waals surface area (Å²) in [4.78, 5) is 14.9. The van der Waals surface area contributed by atoms with Crippen molar-refractivity contribution in [2.45, 2.75) is 32.8 Å². The van der Waals surface area contributed by atoms with E-state index in [0.29, 0.717) is 36.7 Å². The van der Waals surface area contributed by atoms with Gasteiger partial charge in [-0.15, -0.1) is 0 Å². The minimum absolute atomic E-state index is 0.0138. The Morgan fingerprint density at radius 2 is 1.86 bits per heavy atom. The van der Waals surface area contributed by atoms with Gasteiger partial charge in [0, 0.05) is 24.7 Å². The van der Waals surface area contributed by atoms with E-state index in [0.717, 1.165) is 49.2 Å². The van der Waals surface area contributed by atoms with Crippen LogP contribution in [0.2, 0.25) is 0 Å². The van der Waals surface area contributed by atoms with Crippen LogP contribution >= 0.6 is 0 Å². The first-order valence-electron chi connectivity index (χ1n) is 10.4. The average Bonchev–Trinajstić information content (AvgIpc) is 2.77. The number of benzene rings is 2. The first-order chi connectivity index (χ1) is 14.3. The van der Waals surface area contributed by atoms with Crippen molar-refractivity contribution in [2.75, 3.05) is 31.2 Å². The molecule has 4 rings (SSSR count). The van der Waals surface area contributed by atoms with Crippen LogP contribution in [0.3, 0.4) is 0 Å². The van der Waals surface area contributed by atoms with Crippen LogP contribution in [-0.4, -0.2) is 26.3 Å². The number of fused-ring (bicyclic) bond motifs is 1. The predicted molar refractivity (Wildman–Crippen MR) is 115 cm³/mol.